The Morgan fingerprint density at radius 3 is 2.71 bits per heavy atom. The van der Waals surface area contributed by atoms with Crippen molar-refractivity contribution in [1.82, 2.24) is 30.4 Å². The minimum Gasteiger partial charge on any atom is -0.340 e. The van der Waals surface area contributed by atoms with Gasteiger partial charge >= 0.3 is 6.03 Å². The quantitative estimate of drug-likeness (QED) is 0.330. The molecule has 0 aliphatic heterocycles. The summed E-state index contributed by atoms with van der Waals surface area (Å²) in [4.78, 5) is 19.5. The minimum atomic E-state index is -0.228. The van der Waals surface area contributed by atoms with Gasteiger partial charge in [-0.05, 0) is 49.1 Å². The van der Waals surface area contributed by atoms with E-state index in [9.17, 15) is 4.79 Å². The zero-order valence-corrected chi connectivity index (χ0v) is 18.2. The molecule has 0 atom stereocenters. The van der Waals surface area contributed by atoms with Gasteiger partial charge in [0.1, 0.15) is 5.82 Å². The summed E-state index contributed by atoms with van der Waals surface area (Å²) in [5.41, 5.74) is 3.71. The third kappa shape index (κ3) is 5.57. The SMILES string of the molecule is O=C(NCCCCc1cnn(-c2ccccc2)c1)NCc1nc2cc(Cl)c(Cl)cc2[nH]1. The Morgan fingerprint density at radius 1 is 1.06 bits per heavy atom. The number of unbranched alkanes of at least 4 members (excludes halogenated alkanes) is 1. The van der Waals surface area contributed by atoms with Crippen LogP contribution in [0.25, 0.3) is 16.7 Å². The van der Waals surface area contributed by atoms with Crippen molar-refractivity contribution in [1.29, 1.82) is 0 Å². The maximum Gasteiger partial charge on any atom is 0.315 e. The fraction of sp³-hybridized carbons (Fsp3) is 0.227. The Morgan fingerprint density at radius 2 is 1.87 bits per heavy atom. The number of carbonyl (C=O) groups is 1. The molecule has 4 rings (SSSR count). The molecule has 4 aromatic rings. The van der Waals surface area contributed by atoms with Crippen LogP contribution in [0.2, 0.25) is 10.0 Å². The number of urea groups is 1. The van der Waals surface area contributed by atoms with E-state index >= 15 is 0 Å². The van der Waals surface area contributed by atoms with Crippen LogP contribution in [0.1, 0.15) is 24.2 Å². The van der Waals surface area contributed by atoms with Crippen LogP contribution in [0.5, 0.6) is 0 Å². The van der Waals surface area contributed by atoms with Gasteiger partial charge in [-0.3, -0.25) is 0 Å². The number of aromatic amines is 1. The third-order valence-electron chi connectivity index (χ3n) is 4.82. The number of fused-ring (bicyclic) bond motifs is 1. The molecule has 2 heterocycles. The molecule has 0 saturated carbocycles. The summed E-state index contributed by atoms with van der Waals surface area (Å²) < 4.78 is 1.88. The van der Waals surface area contributed by atoms with Gasteiger partial charge in [0.05, 0.1) is 39.5 Å². The van der Waals surface area contributed by atoms with E-state index in [4.69, 9.17) is 23.2 Å². The molecule has 2 aromatic heterocycles. The second kappa shape index (κ2) is 9.85. The van der Waals surface area contributed by atoms with Crippen molar-refractivity contribution in [2.24, 2.45) is 0 Å². The Labute approximate surface area is 189 Å². The number of para-hydroxylation sites is 1. The third-order valence-corrected chi connectivity index (χ3v) is 5.55. The molecular weight excluding hydrogens is 435 g/mol. The Balaban J connectivity index is 1.15. The van der Waals surface area contributed by atoms with Crippen LogP contribution in [0.4, 0.5) is 4.79 Å². The van der Waals surface area contributed by atoms with E-state index in [1.54, 1.807) is 12.1 Å². The van der Waals surface area contributed by atoms with Crippen LogP contribution < -0.4 is 10.6 Å². The fourth-order valence-corrected chi connectivity index (χ4v) is 3.56. The largest absolute Gasteiger partial charge is 0.340 e. The standard InChI is InChI=1S/C22H22Cl2N6O/c23-17-10-19-20(11-18(17)24)29-21(28-19)13-26-22(31)25-9-5-4-6-15-12-27-30(14-15)16-7-2-1-3-8-16/h1-3,7-8,10-12,14H,4-6,9,13H2,(H,28,29)(H2,25,26,31). The molecule has 7 nitrogen and oxygen atoms in total. The normalized spacial score (nSPS) is 11.0. The number of nitrogens with zero attached hydrogens (tertiary/aromatic N) is 3. The van der Waals surface area contributed by atoms with Gasteiger partial charge in [-0.25, -0.2) is 14.5 Å². The topological polar surface area (TPSA) is 87.6 Å². The zero-order chi connectivity index (χ0) is 21.6. The van der Waals surface area contributed by atoms with Gasteiger partial charge in [0.25, 0.3) is 0 Å². The summed E-state index contributed by atoms with van der Waals surface area (Å²) in [6.07, 6.45) is 6.70. The van der Waals surface area contributed by atoms with E-state index in [0.29, 0.717) is 27.9 Å². The number of aryl methyl sites for hydroxylation is 1. The van der Waals surface area contributed by atoms with E-state index in [0.717, 1.165) is 30.5 Å². The molecule has 0 fully saturated rings. The summed E-state index contributed by atoms with van der Waals surface area (Å²) in [6.45, 7) is 0.887. The first-order valence-electron chi connectivity index (χ1n) is 10.0. The highest BCUT2D eigenvalue weighted by molar-refractivity contribution is 6.42. The molecule has 2 amide bonds. The molecule has 0 bridgehead atoms. The molecule has 2 aromatic carbocycles. The molecular formula is C22H22Cl2N6O. The fourth-order valence-electron chi connectivity index (χ4n) is 3.24. The molecule has 160 valence electrons. The summed E-state index contributed by atoms with van der Waals surface area (Å²) in [5, 5.41) is 11.0. The number of benzene rings is 2. The average molecular weight is 457 g/mol. The summed E-state index contributed by atoms with van der Waals surface area (Å²) in [5.74, 6) is 0.638. The van der Waals surface area contributed by atoms with Gasteiger partial charge in [0.15, 0.2) is 0 Å². The van der Waals surface area contributed by atoms with E-state index < -0.39 is 0 Å². The van der Waals surface area contributed by atoms with Gasteiger partial charge in [-0.2, -0.15) is 5.10 Å². The highest BCUT2D eigenvalue weighted by atomic mass is 35.5. The lowest BCUT2D eigenvalue weighted by Gasteiger charge is -2.06. The van der Waals surface area contributed by atoms with Crippen molar-refractivity contribution in [3.8, 4) is 5.69 Å². The highest BCUT2D eigenvalue weighted by Crippen LogP contribution is 2.26. The number of carbonyl (C=O) groups excluding carboxylic acids is 1. The second-order valence-corrected chi connectivity index (χ2v) is 7.98. The van der Waals surface area contributed by atoms with Crippen molar-refractivity contribution in [2.75, 3.05) is 6.54 Å². The molecule has 31 heavy (non-hydrogen) atoms. The van der Waals surface area contributed by atoms with Gasteiger partial charge in [0, 0.05) is 12.7 Å². The number of halogens is 2. The first-order chi connectivity index (χ1) is 15.1. The summed E-state index contributed by atoms with van der Waals surface area (Å²) >= 11 is 12.0. The van der Waals surface area contributed by atoms with Crippen molar-refractivity contribution in [2.45, 2.75) is 25.8 Å². The van der Waals surface area contributed by atoms with E-state index in [-0.39, 0.29) is 12.6 Å². The molecule has 0 aliphatic carbocycles. The first-order valence-corrected chi connectivity index (χ1v) is 10.8. The smallest absolute Gasteiger partial charge is 0.315 e. The predicted octanol–water partition coefficient (Wildman–Crippen LogP) is 4.88. The maximum atomic E-state index is 12.0. The minimum absolute atomic E-state index is 0.228. The number of imidazole rings is 1. The monoisotopic (exact) mass is 456 g/mol. The van der Waals surface area contributed by atoms with Crippen LogP contribution in [-0.2, 0) is 13.0 Å². The molecule has 0 radical (unpaired) electrons. The van der Waals surface area contributed by atoms with Crippen molar-refractivity contribution in [3.05, 3.63) is 76.3 Å². The molecule has 0 aliphatic rings. The molecule has 9 heteroatoms. The van der Waals surface area contributed by atoms with E-state index in [1.165, 1.54) is 5.56 Å². The highest BCUT2D eigenvalue weighted by Gasteiger charge is 2.08. The van der Waals surface area contributed by atoms with Crippen LogP contribution in [-0.4, -0.2) is 32.3 Å². The first kappa shape index (κ1) is 21.2. The van der Waals surface area contributed by atoms with Gasteiger partial charge in [-0.15, -0.1) is 0 Å². The van der Waals surface area contributed by atoms with Crippen LogP contribution in [0.15, 0.2) is 54.9 Å². The average Bonchev–Trinajstić information content (AvgIpc) is 3.40. The van der Waals surface area contributed by atoms with Crippen LogP contribution in [0.3, 0.4) is 0 Å². The van der Waals surface area contributed by atoms with Crippen LogP contribution in [0, 0.1) is 0 Å². The zero-order valence-electron chi connectivity index (χ0n) is 16.7. The Kier molecular flexibility index (Phi) is 6.74. The van der Waals surface area contributed by atoms with E-state index in [2.05, 4.69) is 25.7 Å². The lowest BCUT2D eigenvalue weighted by atomic mass is 10.1. The molecule has 0 saturated heterocycles. The number of aromatic nitrogens is 4. The summed E-state index contributed by atoms with van der Waals surface area (Å²) in [7, 11) is 0. The lowest BCUT2D eigenvalue weighted by Crippen LogP contribution is -2.35. The van der Waals surface area contributed by atoms with Gasteiger partial charge in [-0.1, -0.05) is 41.4 Å². The number of hydrogen-bond acceptors (Lipinski definition) is 3. The summed E-state index contributed by atoms with van der Waals surface area (Å²) in [6, 6.07) is 13.2. The number of H-pyrrole nitrogens is 1. The molecule has 0 spiro atoms. The number of nitrogens with one attached hydrogen (secondary N) is 3. The van der Waals surface area contributed by atoms with Crippen LogP contribution >= 0.6 is 23.2 Å². The van der Waals surface area contributed by atoms with Gasteiger partial charge < -0.3 is 15.6 Å². The lowest BCUT2D eigenvalue weighted by molar-refractivity contribution is 0.240. The number of rotatable bonds is 8. The predicted molar refractivity (Wildman–Crippen MR) is 123 cm³/mol. The van der Waals surface area contributed by atoms with Gasteiger partial charge in [0.2, 0.25) is 0 Å². The molecule has 0 unspecified atom stereocenters. The maximum absolute atomic E-state index is 12.0. The Hall–Kier alpha value is -3.03. The molecule has 3 N–H and O–H groups in total. The second-order valence-electron chi connectivity index (χ2n) is 7.16. The van der Waals surface area contributed by atoms with Crippen molar-refractivity contribution >= 4 is 40.3 Å². The Bertz CT molecular complexity index is 1130. The van der Waals surface area contributed by atoms with Crippen molar-refractivity contribution < 1.29 is 4.79 Å². The van der Waals surface area contributed by atoms with E-state index in [1.807, 2.05) is 47.4 Å². The van der Waals surface area contributed by atoms with Crippen molar-refractivity contribution in [3.63, 3.8) is 0 Å². The number of hydrogen-bond donors (Lipinski definition) is 3. The number of amides is 2.